The van der Waals surface area contributed by atoms with E-state index in [0.29, 0.717) is 5.82 Å². The quantitative estimate of drug-likeness (QED) is 0.673. The second kappa shape index (κ2) is 7.06. The fourth-order valence-corrected chi connectivity index (χ4v) is 1.17. The first-order chi connectivity index (χ1) is 7.33. The lowest BCUT2D eigenvalue weighted by Gasteiger charge is -2.07. The standard InChI is InChI=1S/C11H19N3O/c1-2-3-7-15-8-6-13-10-4-5-14-11(12)9-10/h4-5,9H,2-3,6-8H2,1H3,(H3,12,13,14). The Balaban J connectivity index is 2.10. The zero-order valence-corrected chi connectivity index (χ0v) is 9.20. The normalized spacial score (nSPS) is 10.2. The maximum Gasteiger partial charge on any atom is 0.125 e. The maximum atomic E-state index is 5.55. The van der Waals surface area contributed by atoms with Crippen LogP contribution >= 0.6 is 0 Å². The van der Waals surface area contributed by atoms with Gasteiger partial charge in [-0.3, -0.25) is 0 Å². The van der Waals surface area contributed by atoms with Gasteiger partial charge in [0.2, 0.25) is 0 Å². The topological polar surface area (TPSA) is 60.2 Å². The van der Waals surface area contributed by atoms with Gasteiger partial charge in [0.25, 0.3) is 0 Å². The van der Waals surface area contributed by atoms with E-state index in [1.807, 2.05) is 12.1 Å². The summed E-state index contributed by atoms with van der Waals surface area (Å²) >= 11 is 0. The predicted octanol–water partition coefficient (Wildman–Crippen LogP) is 1.89. The van der Waals surface area contributed by atoms with Crippen LogP contribution in [0.5, 0.6) is 0 Å². The Kier molecular flexibility index (Phi) is 5.55. The van der Waals surface area contributed by atoms with Crippen molar-refractivity contribution >= 4 is 11.5 Å². The number of ether oxygens (including phenoxy) is 1. The molecule has 0 aliphatic rings. The number of anilines is 2. The highest BCUT2D eigenvalue weighted by Gasteiger charge is 1.93. The van der Waals surface area contributed by atoms with Crippen LogP contribution in [0.15, 0.2) is 18.3 Å². The van der Waals surface area contributed by atoms with E-state index in [9.17, 15) is 0 Å². The van der Waals surface area contributed by atoms with Crippen molar-refractivity contribution in [2.24, 2.45) is 0 Å². The summed E-state index contributed by atoms with van der Waals surface area (Å²) < 4.78 is 5.42. The van der Waals surface area contributed by atoms with Crippen molar-refractivity contribution in [1.29, 1.82) is 0 Å². The summed E-state index contributed by atoms with van der Waals surface area (Å²) in [5.74, 6) is 0.534. The molecule has 0 spiro atoms. The molecule has 0 amide bonds. The second-order valence-electron chi connectivity index (χ2n) is 3.36. The number of nitrogens with two attached hydrogens (primary N) is 1. The number of nitrogens with zero attached hydrogens (tertiary/aromatic N) is 1. The van der Waals surface area contributed by atoms with Gasteiger partial charge in [-0.1, -0.05) is 13.3 Å². The molecular weight excluding hydrogens is 190 g/mol. The van der Waals surface area contributed by atoms with E-state index >= 15 is 0 Å². The van der Waals surface area contributed by atoms with Crippen LogP contribution in [-0.4, -0.2) is 24.7 Å². The Morgan fingerprint density at radius 1 is 1.47 bits per heavy atom. The second-order valence-corrected chi connectivity index (χ2v) is 3.36. The van der Waals surface area contributed by atoms with Gasteiger partial charge in [0.1, 0.15) is 5.82 Å². The third kappa shape index (κ3) is 5.22. The molecule has 0 fully saturated rings. The summed E-state index contributed by atoms with van der Waals surface area (Å²) in [7, 11) is 0. The minimum atomic E-state index is 0.534. The molecule has 0 saturated heterocycles. The van der Waals surface area contributed by atoms with Crippen LogP contribution in [0.4, 0.5) is 11.5 Å². The largest absolute Gasteiger partial charge is 0.384 e. The molecule has 4 heteroatoms. The molecule has 0 aromatic carbocycles. The van der Waals surface area contributed by atoms with Crippen LogP contribution in [-0.2, 0) is 4.74 Å². The molecule has 0 unspecified atom stereocenters. The molecule has 1 rings (SSSR count). The molecule has 3 N–H and O–H groups in total. The minimum absolute atomic E-state index is 0.534. The molecule has 0 atom stereocenters. The molecule has 1 aromatic heterocycles. The maximum absolute atomic E-state index is 5.55. The van der Waals surface area contributed by atoms with Gasteiger partial charge >= 0.3 is 0 Å². The van der Waals surface area contributed by atoms with Gasteiger partial charge < -0.3 is 15.8 Å². The Labute approximate surface area is 90.8 Å². The number of aromatic nitrogens is 1. The molecule has 84 valence electrons. The van der Waals surface area contributed by atoms with E-state index in [1.165, 1.54) is 6.42 Å². The SMILES string of the molecule is CCCCOCCNc1ccnc(N)c1. The minimum Gasteiger partial charge on any atom is -0.384 e. The fourth-order valence-electron chi connectivity index (χ4n) is 1.17. The number of nitrogen functional groups attached to an aromatic ring is 1. The first kappa shape index (κ1) is 11.8. The summed E-state index contributed by atoms with van der Waals surface area (Å²) in [6.07, 6.45) is 3.99. The first-order valence-electron chi connectivity index (χ1n) is 5.36. The number of hydrogen-bond donors (Lipinski definition) is 2. The van der Waals surface area contributed by atoms with Gasteiger partial charge in [-0.2, -0.15) is 0 Å². The average Bonchev–Trinajstić information content (AvgIpc) is 2.23. The van der Waals surface area contributed by atoms with Crippen molar-refractivity contribution in [2.45, 2.75) is 19.8 Å². The molecule has 1 heterocycles. The van der Waals surface area contributed by atoms with Crippen LogP contribution in [0, 0.1) is 0 Å². The summed E-state index contributed by atoms with van der Waals surface area (Å²) in [6.45, 7) is 4.52. The van der Waals surface area contributed by atoms with Gasteiger partial charge in [-0.05, 0) is 12.5 Å². The molecule has 0 aliphatic heterocycles. The van der Waals surface area contributed by atoms with E-state index in [0.717, 1.165) is 31.9 Å². The lowest BCUT2D eigenvalue weighted by atomic mass is 10.4. The van der Waals surface area contributed by atoms with Crippen LogP contribution < -0.4 is 11.1 Å². The average molecular weight is 209 g/mol. The molecule has 0 aliphatic carbocycles. The number of rotatable bonds is 7. The van der Waals surface area contributed by atoms with Gasteiger partial charge in [-0.15, -0.1) is 0 Å². The third-order valence-electron chi connectivity index (χ3n) is 2.00. The summed E-state index contributed by atoms with van der Waals surface area (Å²) in [6, 6.07) is 3.70. The highest BCUT2D eigenvalue weighted by Crippen LogP contribution is 2.07. The lowest BCUT2D eigenvalue weighted by Crippen LogP contribution is -2.10. The Morgan fingerprint density at radius 2 is 2.33 bits per heavy atom. The zero-order valence-electron chi connectivity index (χ0n) is 9.20. The molecular formula is C11H19N3O. The van der Waals surface area contributed by atoms with Crippen LogP contribution in [0.2, 0.25) is 0 Å². The number of unbranched alkanes of at least 4 members (excludes halogenated alkanes) is 1. The summed E-state index contributed by atoms with van der Waals surface area (Å²) in [4.78, 5) is 3.92. The molecule has 0 saturated carbocycles. The Bertz CT molecular complexity index is 278. The molecule has 0 bridgehead atoms. The molecule has 0 radical (unpaired) electrons. The van der Waals surface area contributed by atoms with Crippen LogP contribution in [0.1, 0.15) is 19.8 Å². The van der Waals surface area contributed by atoms with E-state index in [2.05, 4.69) is 17.2 Å². The predicted molar refractivity (Wildman–Crippen MR) is 62.9 cm³/mol. The smallest absolute Gasteiger partial charge is 0.125 e. The van der Waals surface area contributed by atoms with E-state index in [-0.39, 0.29) is 0 Å². The highest BCUT2D eigenvalue weighted by atomic mass is 16.5. The van der Waals surface area contributed by atoms with E-state index in [4.69, 9.17) is 10.5 Å². The fraction of sp³-hybridized carbons (Fsp3) is 0.545. The molecule has 4 nitrogen and oxygen atoms in total. The monoisotopic (exact) mass is 209 g/mol. The van der Waals surface area contributed by atoms with Gasteiger partial charge in [0.05, 0.1) is 6.61 Å². The van der Waals surface area contributed by atoms with Crippen molar-refractivity contribution in [2.75, 3.05) is 30.8 Å². The molecule has 1 aromatic rings. The highest BCUT2D eigenvalue weighted by molar-refractivity contribution is 5.49. The number of pyridine rings is 1. The van der Waals surface area contributed by atoms with Crippen LogP contribution in [0.25, 0.3) is 0 Å². The van der Waals surface area contributed by atoms with Crippen molar-refractivity contribution in [3.63, 3.8) is 0 Å². The van der Waals surface area contributed by atoms with Crippen molar-refractivity contribution in [3.8, 4) is 0 Å². The summed E-state index contributed by atoms with van der Waals surface area (Å²) in [5, 5.41) is 3.22. The lowest BCUT2D eigenvalue weighted by molar-refractivity contribution is 0.141. The Hall–Kier alpha value is -1.29. The number of nitrogens with one attached hydrogen (secondary N) is 1. The van der Waals surface area contributed by atoms with Crippen molar-refractivity contribution in [3.05, 3.63) is 18.3 Å². The van der Waals surface area contributed by atoms with E-state index < -0.39 is 0 Å². The van der Waals surface area contributed by atoms with Gasteiger partial charge in [-0.25, -0.2) is 4.98 Å². The van der Waals surface area contributed by atoms with Crippen molar-refractivity contribution in [1.82, 2.24) is 4.98 Å². The zero-order chi connectivity index (χ0) is 10.9. The summed E-state index contributed by atoms with van der Waals surface area (Å²) in [5.41, 5.74) is 6.53. The van der Waals surface area contributed by atoms with Crippen LogP contribution in [0.3, 0.4) is 0 Å². The van der Waals surface area contributed by atoms with Crippen molar-refractivity contribution < 1.29 is 4.74 Å². The van der Waals surface area contributed by atoms with Gasteiger partial charge in [0, 0.05) is 31.1 Å². The third-order valence-corrected chi connectivity index (χ3v) is 2.00. The Morgan fingerprint density at radius 3 is 3.07 bits per heavy atom. The molecule has 15 heavy (non-hydrogen) atoms. The number of hydrogen-bond acceptors (Lipinski definition) is 4. The van der Waals surface area contributed by atoms with Gasteiger partial charge in [0.15, 0.2) is 0 Å². The first-order valence-corrected chi connectivity index (χ1v) is 5.36. The van der Waals surface area contributed by atoms with E-state index in [1.54, 1.807) is 6.20 Å².